The van der Waals surface area contributed by atoms with Gasteiger partial charge in [-0.15, -0.1) is 5.10 Å². The molecule has 0 atom stereocenters. The van der Waals surface area contributed by atoms with E-state index in [-0.39, 0.29) is 6.01 Å². The molecule has 0 saturated carbocycles. The van der Waals surface area contributed by atoms with Gasteiger partial charge in [0.15, 0.2) is 0 Å². The van der Waals surface area contributed by atoms with Crippen LogP contribution in [0.4, 0.5) is 0 Å². The van der Waals surface area contributed by atoms with E-state index in [1.54, 1.807) is 30.3 Å². The summed E-state index contributed by atoms with van der Waals surface area (Å²) < 4.78 is 6.46. The molecular formula is C13H15N3O3. The average molecular weight is 261 g/mol. The highest BCUT2D eigenvalue weighted by Gasteiger charge is 2.24. The Morgan fingerprint density at radius 2 is 1.89 bits per heavy atom. The molecule has 0 saturated heterocycles. The molecule has 2 rings (SSSR count). The van der Waals surface area contributed by atoms with Crippen molar-refractivity contribution in [2.24, 2.45) is 0 Å². The molecule has 6 heteroatoms. The molecule has 1 aromatic carbocycles. The van der Waals surface area contributed by atoms with Gasteiger partial charge in [0.2, 0.25) is 0 Å². The lowest BCUT2D eigenvalue weighted by atomic mass is 10.1. The first-order valence-electron chi connectivity index (χ1n) is 5.85. The predicted molar refractivity (Wildman–Crippen MR) is 69.2 cm³/mol. The van der Waals surface area contributed by atoms with E-state index < -0.39 is 17.2 Å². The smallest absolute Gasteiger partial charge is 0.346 e. The molecular weight excluding hydrogens is 246 g/mol. The molecule has 1 aromatic heterocycles. The molecule has 0 aliphatic carbocycles. The van der Waals surface area contributed by atoms with Crippen molar-refractivity contribution in [3.8, 4) is 6.01 Å². The monoisotopic (exact) mass is 261 g/mol. The first-order valence-corrected chi connectivity index (χ1v) is 5.85. The maximum absolute atomic E-state index is 11.9. The largest absolute Gasteiger partial charge is 0.387 e. The normalized spacial score (nSPS) is 11.3. The van der Waals surface area contributed by atoms with Gasteiger partial charge in [0.25, 0.3) is 0 Å². The first kappa shape index (κ1) is 13.1. The number of carbonyl (C=O) groups is 1. The van der Waals surface area contributed by atoms with Gasteiger partial charge in [-0.2, -0.15) is 0 Å². The summed E-state index contributed by atoms with van der Waals surface area (Å²) in [5.74, 6) is -0.551. The Balaban J connectivity index is 2.31. The fourth-order valence-corrected chi connectivity index (χ4v) is 1.66. The lowest BCUT2D eigenvalue weighted by Crippen LogP contribution is -2.33. The molecule has 0 radical (unpaired) electrons. The minimum absolute atomic E-state index is 0.0358. The van der Waals surface area contributed by atoms with Crippen molar-refractivity contribution in [3.63, 3.8) is 0 Å². The van der Waals surface area contributed by atoms with Crippen LogP contribution >= 0.6 is 0 Å². The number of esters is 1. The highest BCUT2D eigenvalue weighted by molar-refractivity contribution is 5.90. The van der Waals surface area contributed by atoms with Crippen LogP contribution in [0.15, 0.2) is 35.1 Å². The Morgan fingerprint density at radius 3 is 2.47 bits per heavy atom. The summed E-state index contributed by atoms with van der Waals surface area (Å²) in [5, 5.41) is 6.01. The van der Waals surface area contributed by atoms with E-state index in [9.17, 15) is 9.59 Å². The second kappa shape index (κ2) is 4.72. The van der Waals surface area contributed by atoms with Crippen molar-refractivity contribution < 1.29 is 9.53 Å². The molecule has 0 aliphatic heterocycles. The molecule has 0 aliphatic rings. The zero-order valence-corrected chi connectivity index (χ0v) is 11.0. The van der Waals surface area contributed by atoms with Gasteiger partial charge < -0.3 is 4.74 Å². The lowest BCUT2D eigenvalue weighted by Gasteiger charge is -2.20. The van der Waals surface area contributed by atoms with Crippen molar-refractivity contribution in [3.05, 3.63) is 46.4 Å². The number of aromatic nitrogens is 3. The van der Waals surface area contributed by atoms with Crippen LogP contribution in [0.25, 0.3) is 0 Å². The van der Waals surface area contributed by atoms with Gasteiger partial charge in [0.1, 0.15) is 0 Å². The number of nitrogens with one attached hydrogen (secondary N) is 1. The van der Waals surface area contributed by atoms with Gasteiger partial charge in [-0.05, 0) is 32.9 Å². The van der Waals surface area contributed by atoms with Gasteiger partial charge in [0, 0.05) is 5.54 Å². The van der Waals surface area contributed by atoms with E-state index in [1.807, 2.05) is 20.8 Å². The fraction of sp³-hybridized carbons (Fsp3) is 0.308. The Kier molecular flexibility index (Phi) is 3.25. The summed E-state index contributed by atoms with van der Waals surface area (Å²) >= 11 is 0. The Hall–Kier alpha value is -2.37. The third kappa shape index (κ3) is 2.73. The summed E-state index contributed by atoms with van der Waals surface area (Å²) in [6.45, 7) is 5.47. The zero-order valence-electron chi connectivity index (χ0n) is 11.0. The third-order valence-corrected chi connectivity index (χ3v) is 2.51. The number of rotatable bonds is 2. The average Bonchev–Trinajstić information content (AvgIpc) is 2.71. The molecule has 19 heavy (non-hydrogen) atoms. The Morgan fingerprint density at radius 1 is 1.26 bits per heavy atom. The van der Waals surface area contributed by atoms with E-state index in [4.69, 9.17) is 4.74 Å². The minimum Gasteiger partial charge on any atom is -0.387 e. The number of benzene rings is 1. The van der Waals surface area contributed by atoms with E-state index in [0.29, 0.717) is 5.56 Å². The highest BCUT2D eigenvalue weighted by atomic mass is 16.6. The maximum Gasteiger partial charge on any atom is 0.346 e. The molecule has 0 unspecified atom stereocenters. The van der Waals surface area contributed by atoms with Crippen molar-refractivity contribution in [2.75, 3.05) is 0 Å². The highest BCUT2D eigenvalue weighted by Crippen LogP contribution is 2.18. The van der Waals surface area contributed by atoms with Crippen LogP contribution in [0.5, 0.6) is 6.01 Å². The second-order valence-electron chi connectivity index (χ2n) is 5.07. The number of ether oxygens (including phenoxy) is 1. The van der Waals surface area contributed by atoms with Gasteiger partial charge in [0.05, 0.1) is 5.56 Å². The van der Waals surface area contributed by atoms with Crippen LogP contribution in [0.2, 0.25) is 0 Å². The minimum atomic E-state index is -0.551. The third-order valence-electron chi connectivity index (χ3n) is 2.51. The SMILES string of the molecule is CC(C)(C)n1c(OC(=O)c2ccccc2)n[nH]c1=O. The van der Waals surface area contributed by atoms with E-state index in [1.165, 1.54) is 4.57 Å². The van der Waals surface area contributed by atoms with Gasteiger partial charge in [-0.25, -0.2) is 19.3 Å². The van der Waals surface area contributed by atoms with E-state index in [0.717, 1.165) is 0 Å². The molecule has 2 aromatic rings. The van der Waals surface area contributed by atoms with Crippen molar-refractivity contribution in [1.29, 1.82) is 0 Å². The van der Waals surface area contributed by atoms with E-state index in [2.05, 4.69) is 10.2 Å². The molecule has 1 N–H and O–H groups in total. The maximum atomic E-state index is 11.9. The van der Waals surface area contributed by atoms with Crippen LogP contribution in [0.3, 0.4) is 0 Å². The van der Waals surface area contributed by atoms with E-state index >= 15 is 0 Å². The predicted octanol–water partition coefficient (Wildman–Crippen LogP) is 1.55. The topological polar surface area (TPSA) is 77.0 Å². The summed E-state index contributed by atoms with van der Waals surface area (Å²) in [7, 11) is 0. The number of hydrogen-bond acceptors (Lipinski definition) is 4. The van der Waals surface area contributed by atoms with Gasteiger partial charge >= 0.3 is 17.7 Å². The first-order chi connectivity index (χ1) is 8.89. The fourth-order valence-electron chi connectivity index (χ4n) is 1.66. The molecule has 100 valence electrons. The van der Waals surface area contributed by atoms with Crippen LogP contribution in [-0.2, 0) is 5.54 Å². The molecule has 1 heterocycles. The molecule has 0 fully saturated rings. The van der Waals surface area contributed by atoms with Crippen molar-refractivity contribution in [2.45, 2.75) is 26.3 Å². The Bertz CT molecular complexity index is 635. The van der Waals surface area contributed by atoms with Crippen LogP contribution in [-0.4, -0.2) is 20.7 Å². The van der Waals surface area contributed by atoms with Crippen LogP contribution < -0.4 is 10.4 Å². The summed E-state index contributed by atoms with van der Waals surface area (Å²) in [4.78, 5) is 23.6. The molecule has 0 amide bonds. The van der Waals surface area contributed by atoms with Gasteiger partial charge in [-0.3, -0.25) is 0 Å². The quantitative estimate of drug-likeness (QED) is 0.832. The zero-order chi connectivity index (χ0) is 14.0. The summed E-state index contributed by atoms with van der Waals surface area (Å²) in [6, 6.07) is 8.50. The molecule has 6 nitrogen and oxygen atoms in total. The standard InChI is InChI=1S/C13H15N3O3/c1-13(2,3)16-11(18)14-15-12(16)19-10(17)9-7-5-4-6-8-9/h4-8H,1-3H3,(H,14,18). The lowest BCUT2D eigenvalue weighted by molar-refractivity contribution is 0.0703. The van der Waals surface area contributed by atoms with Crippen LogP contribution in [0.1, 0.15) is 31.1 Å². The number of hydrogen-bond donors (Lipinski definition) is 1. The summed E-state index contributed by atoms with van der Waals surface area (Å²) in [5.41, 5.74) is -0.544. The summed E-state index contributed by atoms with van der Waals surface area (Å²) in [6.07, 6.45) is 0. The second-order valence-corrected chi connectivity index (χ2v) is 5.07. The Labute approximate surface area is 110 Å². The van der Waals surface area contributed by atoms with Crippen molar-refractivity contribution >= 4 is 5.97 Å². The number of aromatic amines is 1. The number of nitrogens with zero attached hydrogens (tertiary/aromatic N) is 2. The van der Waals surface area contributed by atoms with Crippen molar-refractivity contribution in [1.82, 2.24) is 14.8 Å². The van der Waals surface area contributed by atoms with Gasteiger partial charge in [-0.1, -0.05) is 18.2 Å². The molecule has 0 spiro atoms. The van der Waals surface area contributed by atoms with Crippen LogP contribution in [0, 0.1) is 0 Å². The number of carbonyl (C=O) groups excluding carboxylic acids is 1. The number of H-pyrrole nitrogens is 1. The molecule has 0 bridgehead atoms.